The molecule has 4 rings (SSSR count). The predicted octanol–water partition coefficient (Wildman–Crippen LogP) is 3.72. The Morgan fingerprint density at radius 2 is 1.48 bits per heavy atom. The Bertz CT molecular complexity index is 1070. The molecule has 5 heteroatoms. The number of nitrogens with one attached hydrogen (secondary N) is 1. The lowest BCUT2D eigenvalue weighted by Gasteiger charge is -2.14. The van der Waals surface area contributed by atoms with Crippen LogP contribution in [0.15, 0.2) is 72.8 Å². The summed E-state index contributed by atoms with van der Waals surface area (Å²) in [5.41, 5.74) is 4.25. The van der Waals surface area contributed by atoms with E-state index < -0.39 is 0 Å². The fraction of sp³-hybridized carbons (Fsp3) is 0.125. The summed E-state index contributed by atoms with van der Waals surface area (Å²) in [4.78, 5) is 38.8. The molecule has 5 nitrogen and oxygen atoms in total. The van der Waals surface area contributed by atoms with Crippen molar-refractivity contribution in [1.82, 2.24) is 10.2 Å². The summed E-state index contributed by atoms with van der Waals surface area (Å²) in [5, 5.41) is 2.90. The molecule has 1 aliphatic rings. The number of aryl methyl sites for hydroxylation is 1. The Kier molecular flexibility index (Phi) is 4.96. The third-order valence-electron chi connectivity index (χ3n) is 4.98. The Morgan fingerprint density at radius 1 is 0.828 bits per heavy atom. The van der Waals surface area contributed by atoms with Crippen molar-refractivity contribution in [3.63, 3.8) is 0 Å². The molecule has 0 saturated carbocycles. The van der Waals surface area contributed by atoms with Crippen molar-refractivity contribution in [2.75, 3.05) is 0 Å². The van der Waals surface area contributed by atoms with Crippen LogP contribution in [0.4, 0.5) is 0 Å². The number of carbonyl (C=O) groups is 3. The summed E-state index contributed by atoms with van der Waals surface area (Å²) in [7, 11) is 0. The molecule has 0 atom stereocenters. The predicted molar refractivity (Wildman–Crippen MR) is 109 cm³/mol. The van der Waals surface area contributed by atoms with Gasteiger partial charge in [0.1, 0.15) is 0 Å². The van der Waals surface area contributed by atoms with Gasteiger partial charge in [0.2, 0.25) is 0 Å². The molecule has 3 amide bonds. The summed E-state index contributed by atoms with van der Waals surface area (Å²) < 4.78 is 0. The highest BCUT2D eigenvalue weighted by Crippen LogP contribution is 2.24. The SMILES string of the molecule is Cc1ccc(CNC(=O)c2cccc(CN3C(=O)c4ccccc4C3=O)c2)cc1. The van der Waals surface area contributed by atoms with E-state index in [4.69, 9.17) is 0 Å². The van der Waals surface area contributed by atoms with Crippen LogP contribution in [0.25, 0.3) is 0 Å². The van der Waals surface area contributed by atoms with E-state index in [1.54, 1.807) is 48.5 Å². The van der Waals surface area contributed by atoms with Gasteiger partial charge in [-0.05, 0) is 42.3 Å². The molecule has 3 aromatic carbocycles. The average molecular weight is 384 g/mol. The molecule has 0 spiro atoms. The van der Waals surface area contributed by atoms with Crippen molar-refractivity contribution in [2.24, 2.45) is 0 Å². The van der Waals surface area contributed by atoms with Gasteiger partial charge in [0.15, 0.2) is 0 Å². The van der Waals surface area contributed by atoms with Crippen molar-refractivity contribution >= 4 is 17.7 Å². The van der Waals surface area contributed by atoms with E-state index in [0.717, 1.165) is 11.1 Å². The van der Waals surface area contributed by atoms with Gasteiger partial charge >= 0.3 is 0 Å². The molecule has 3 aromatic rings. The van der Waals surface area contributed by atoms with Crippen molar-refractivity contribution in [3.05, 3.63) is 106 Å². The molecule has 144 valence electrons. The number of hydrogen-bond donors (Lipinski definition) is 1. The van der Waals surface area contributed by atoms with Gasteiger partial charge in [-0.25, -0.2) is 0 Å². The molecule has 1 aliphatic heterocycles. The molecule has 0 aliphatic carbocycles. The monoisotopic (exact) mass is 384 g/mol. The lowest BCUT2D eigenvalue weighted by molar-refractivity contribution is 0.0642. The molecule has 29 heavy (non-hydrogen) atoms. The number of rotatable bonds is 5. The third kappa shape index (κ3) is 3.80. The average Bonchev–Trinajstić information content (AvgIpc) is 2.98. The molecule has 0 unspecified atom stereocenters. The van der Waals surface area contributed by atoms with Crippen molar-refractivity contribution < 1.29 is 14.4 Å². The van der Waals surface area contributed by atoms with E-state index in [0.29, 0.717) is 23.2 Å². The first kappa shape index (κ1) is 18.6. The van der Waals surface area contributed by atoms with Gasteiger partial charge in [0.05, 0.1) is 17.7 Å². The largest absolute Gasteiger partial charge is 0.348 e. The van der Waals surface area contributed by atoms with E-state index >= 15 is 0 Å². The van der Waals surface area contributed by atoms with Crippen LogP contribution in [-0.2, 0) is 13.1 Å². The number of imide groups is 1. The molecule has 1 N–H and O–H groups in total. The minimum Gasteiger partial charge on any atom is -0.348 e. The number of hydrogen-bond acceptors (Lipinski definition) is 3. The van der Waals surface area contributed by atoms with E-state index in [2.05, 4.69) is 5.32 Å². The second kappa shape index (κ2) is 7.72. The van der Waals surface area contributed by atoms with Crippen LogP contribution in [0.2, 0.25) is 0 Å². The van der Waals surface area contributed by atoms with Crippen LogP contribution in [0.1, 0.15) is 47.8 Å². The maximum absolute atomic E-state index is 12.5. The maximum atomic E-state index is 12.5. The fourth-order valence-corrected chi connectivity index (χ4v) is 3.37. The summed E-state index contributed by atoms with van der Waals surface area (Å²) in [5.74, 6) is -0.811. The zero-order chi connectivity index (χ0) is 20.4. The molecular formula is C24H20N2O3. The Morgan fingerprint density at radius 3 is 2.14 bits per heavy atom. The normalized spacial score (nSPS) is 12.8. The second-order valence-electron chi connectivity index (χ2n) is 7.11. The smallest absolute Gasteiger partial charge is 0.261 e. The van der Waals surface area contributed by atoms with Crippen LogP contribution >= 0.6 is 0 Å². The van der Waals surface area contributed by atoms with Gasteiger partial charge in [-0.1, -0.05) is 54.1 Å². The molecule has 0 bridgehead atoms. The lowest BCUT2D eigenvalue weighted by Crippen LogP contribution is -2.29. The Balaban J connectivity index is 1.45. The first-order chi connectivity index (χ1) is 14.0. The minimum atomic E-state index is -0.306. The van der Waals surface area contributed by atoms with Crippen LogP contribution in [0, 0.1) is 6.92 Å². The van der Waals surface area contributed by atoms with Crippen molar-refractivity contribution in [1.29, 1.82) is 0 Å². The molecule has 0 radical (unpaired) electrons. The van der Waals surface area contributed by atoms with Gasteiger partial charge in [-0.3, -0.25) is 19.3 Å². The van der Waals surface area contributed by atoms with Crippen LogP contribution in [0.5, 0.6) is 0 Å². The highest BCUT2D eigenvalue weighted by Gasteiger charge is 2.34. The molecule has 1 heterocycles. The number of carbonyl (C=O) groups excluding carboxylic acids is 3. The fourth-order valence-electron chi connectivity index (χ4n) is 3.37. The van der Waals surface area contributed by atoms with Crippen molar-refractivity contribution in [3.8, 4) is 0 Å². The number of benzene rings is 3. The molecular weight excluding hydrogens is 364 g/mol. The van der Waals surface area contributed by atoms with Crippen molar-refractivity contribution in [2.45, 2.75) is 20.0 Å². The zero-order valence-electron chi connectivity index (χ0n) is 16.0. The minimum absolute atomic E-state index is 0.130. The molecule has 0 aromatic heterocycles. The summed E-state index contributed by atoms with van der Waals surface area (Å²) >= 11 is 0. The second-order valence-corrected chi connectivity index (χ2v) is 7.11. The first-order valence-corrected chi connectivity index (χ1v) is 9.41. The van der Waals surface area contributed by atoms with Gasteiger partial charge in [-0.15, -0.1) is 0 Å². The van der Waals surface area contributed by atoms with Gasteiger partial charge in [0, 0.05) is 12.1 Å². The highest BCUT2D eigenvalue weighted by atomic mass is 16.2. The number of nitrogens with zero attached hydrogens (tertiary/aromatic N) is 1. The van der Waals surface area contributed by atoms with E-state index in [9.17, 15) is 14.4 Å². The lowest BCUT2D eigenvalue weighted by atomic mass is 10.1. The Labute approximate surface area is 169 Å². The number of amides is 3. The van der Waals surface area contributed by atoms with Crippen LogP contribution in [-0.4, -0.2) is 22.6 Å². The van der Waals surface area contributed by atoms with Gasteiger partial charge < -0.3 is 5.32 Å². The van der Waals surface area contributed by atoms with E-state index in [1.165, 1.54) is 10.5 Å². The summed E-state index contributed by atoms with van der Waals surface area (Å²) in [6.45, 7) is 2.58. The van der Waals surface area contributed by atoms with Crippen LogP contribution < -0.4 is 5.32 Å². The summed E-state index contributed by atoms with van der Waals surface area (Å²) in [6, 6.07) is 21.8. The summed E-state index contributed by atoms with van der Waals surface area (Å²) in [6.07, 6.45) is 0. The Hall–Kier alpha value is -3.73. The van der Waals surface area contributed by atoms with Gasteiger partial charge in [0.25, 0.3) is 17.7 Å². The standard InChI is InChI=1S/C24H20N2O3/c1-16-9-11-17(12-10-16)14-25-22(27)19-6-4-5-18(13-19)15-26-23(28)20-7-2-3-8-21(20)24(26)29/h2-13H,14-15H2,1H3,(H,25,27). The molecule has 0 fully saturated rings. The van der Waals surface area contributed by atoms with E-state index in [-0.39, 0.29) is 24.3 Å². The first-order valence-electron chi connectivity index (χ1n) is 9.41. The van der Waals surface area contributed by atoms with Gasteiger partial charge in [-0.2, -0.15) is 0 Å². The third-order valence-corrected chi connectivity index (χ3v) is 4.98. The highest BCUT2D eigenvalue weighted by molar-refractivity contribution is 6.21. The van der Waals surface area contributed by atoms with E-state index in [1.807, 2.05) is 31.2 Å². The topological polar surface area (TPSA) is 66.5 Å². The zero-order valence-corrected chi connectivity index (χ0v) is 16.0. The van der Waals surface area contributed by atoms with Crippen LogP contribution in [0.3, 0.4) is 0 Å². The maximum Gasteiger partial charge on any atom is 0.261 e. The quantitative estimate of drug-likeness (QED) is 0.682. The molecule has 0 saturated heterocycles. The number of fused-ring (bicyclic) bond motifs is 1.